The molecule has 3 aromatic carbocycles. The van der Waals surface area contributed by atoms with Gasteiger partial charge in [0.15, 0.2) is 22.4 Å². The number of benzene rings is 3. The number of anilines is 2. The minimum atomic E-state index is -0.381. The van der Waals surface area contributed by atoms with E-state index in [1.165, 1.54) is 23.8 Å². The fourth-order valence-corrected chi connectivity index (χ4v) is 5.48. The van der Waals surface area contributed by atoms with Crippen LogP contribution in [0.4, 0.5) is 11.4 Å². The number of hydrogen-bond donors (Lipinski definition) is 1. The summed E-state index contributed by atoms with van der Waals surface area (Å²) in [6, 6.07) is 17.5. The van der Waals surface area contributed by atoms with Gasteiger partial charge in [-0.1, -0.05) is 47.7 Å². The number of carbonyl (C=O) groups is 2. The summed E-state index contributed by atoms with van der Waals surface area (Å²) >= 11 is 16.2. The van der Waals surface area contributed by atoms with Crippen molar-refractivity contribution in [2.75, 3.05) is 31.0 Å². The van der Waals surface area contributed by atoms with Crippen molar-refractivity contribution >= 4 is 85.1 Å². The molecule has 7 nitrogen and oxygen atoms in total. The molecular formula is C26H20BrClN2O5S2. The van der Waals surface area contributed by atoms with Crippen LogP contribution in [0.2, 0.25) is 5.02 Å². The molecule has 1 fully saturated rings. The number of amides is 2. The highest BCUT2D eigenvalue weighted by Gasteiger charge is 2.33. The molecule has 0 spiro atoms. The smallest absolute Gasteiger partial charge is 0.270 e. The number of thiocarbonyl (C=S) groups is 1. The van der Waals surface area contributed by atoms with Crippen LogP contribution in [0.1, 0.15) is 5.56 Å². The van der Waals surface area contributed by atoms with Gasteiger partial charge in [0.25, 0.3) is 11.8 Å². The van der Waals surface area contributed by atoms with Gasteiger partial charge >= 0.3 is 0 Å². The number of ether oxygens (including phenoxy) is 3. The molecule has 0 bridgehead atoms. The summed E-state index contributed by atoms with van der Waals surface area (Å²) in [7, 11) is 3.07. The van der Waals surface area contributed by atoms with Crippen molar-refractivity contribution in [2.24, 2.45) is 0 Å². The molecule has 37 heavy (non-hydrogen) atoms. The second kappa shape index (κ2) is 12.0. The number of carbonyl (C=O) groups excluding carboxylic acids is 2. The van der Waals surface area contributed by atoms with E-state index in [1.807, 2.05) is 0 Å². The third-order valence-corrected chi connectivity index (χ3v) is 7.39. The van der Waals surface area contributed by atoms with Crippen LogP contribution >= 0.6 is 51.5 Å². The number of rotatable bonds is 8. The van der Waals surface area contributed by atoms with Gasteiger partial charge in [0.05, 0.1) is 40.0 Å². The summed E-state index contributed by atoms with van der Waals surface area (Å²) in [6.07, 6.45) is 1.73. The van der Waals surface area contributed by atoms with Crippen LogP contribution in [-0.2, 0) is 9.59 Å². The number of nitrogens with zero attached hydrogens (tertiary/aromatic N) is 1. The Kier molecular flexibility index (Phi) is 8.75. The molecule has 1 aliphatic heterocycles. The van der Waals surface area contributed by atoms with Gasteiger partial charge in [-0.25, -0.2) is 0 Å². The number of para-hydroxylation sites is 1. The number of thioether (sulfide) groups is 1. The molecule has 2 amide bonds. The lowest BCUT2D eigenvalue weighted by atomic mass is 10.1. The maximum Gasteiger partial charge on any atom is 0.270 e. The van der Waals surface area contributed by atoms with Crippen LogP contribution in [0.15, 0.2) is 70.0 Å². The molecule has 0 radical (unpaired) electrons. The van der Waals surface area contributed by atoms with E-state index in [1.54, 1.807) is 73.8 Å². The first-order valence-electron chi connectivity index (χ1n) is 10.8. The van der Waals surface area contributed by atoms with Crippen LogP contribution in [-0.4, -0.2) is 37.0 Å². The van der Waals surface area contributed by atoms with Gasteiger partial charge in [0.1, 0.15) is 5.75 Å². The first kappa shape index (κ1) is 27.0. The average Bonchev–Trinajstić information content (AvgIpc) is 3.16. The zero-order valence-corrected chi connectivity index (χ0v) is 23.6. The van der Waals surface area contributed by atoms with E-state index >= 15 is 0 Å². The predicted octanol–water partition coefficient (Wildman–Crippen LogP) is 6.54. The minimum absolute atomic E-state index is 0.230. The second-order valence-electron chi connectivity index (χ2n) is 7.57. The molecule has 4 rings (SSSR count). The van der Waals surface area contributed by atoms with Gasteiger partial charge in [-0.2, -0.15) is 0 Å². The number of hydrogen-bond acceptors (Lipinski definition) is 7. The lowest BCUT2D eigenvalue weighted by molar-refractivity contribution is -0.118. The van der Waals surface area contributed by atoms with Gasteiger partial charge in [0, 0.05) is 0 Å². The Hall–Kier alpha value is -3.05. The van der Waals surface area contributed by atoms with E-state index in [2.05, 4.69) is 21.2 Å². The number of methoxy groups -OCH3 is 2. The van der Waals surface area contributed by atoms with E-state index in [0.29, 0.717) is 52.9 Å². The quantitative estimate of drug-likeness (QED) is 0.227. The van der Waals surface area contributed by atoms with Gasteiger partial charge in [0.2, 0.25) is 0 Å². The van der Waals surface area contributed by atoms with Crippen molar-refractivity contribution in [2.45, 2.75) is 0 Å². The Morgan fingerprint density at radius 2 is 1.86 bits per heavy atom. The SMILES string of the molecule is COc1ccc(N2C(=O)/C(=C/c3cc(Br)c(OCC(=O)Nc4ccccc4Cl)c(OC)c3)SC2=S)cc1. The number of halogens is 2. The van der Waals surface area contributed by atoms with E-state index in [0.717, 1.165) is 0 Å². The van der Waals surface area contributed by atoms with Crippen molar-refractivity contribution in [1.29, 1.82) is 0 Å². The lowest BCUT2D eigenvalue weighted by Gasteiger charge is -2.15. The topological polar surface area (TPSA) is 77.1 Å². The highest BCUT2D eigenvalue weighted by molar-refractivity contribution is 9.10. The van der Waals surface area contributed by atoms with Gasteiger partial charge < -0.3 is 19.5 Å². The molecule has 11 heteroatoms. The van der Waals surface area contributed by atoms with E-state index in [-0.39, 0.29) is 18.4 Å². The maximum absolute atomic E-state index is 13.1. The zero-order chi connectivity index (χ0) is 26.5. The lowest BCUT2D eigenvalue weighted by Crippen LogP contribution is -2.27. The van der Waals surface area contributed by atoms with E-state index < -0.39 is 0 Å². The molecule has 3 aromatic rings. The summed E-state index contributed by atoms with van der Waals surface area (Å²) in [5.41, 5.74) is 1.84. The Balaban J connectivity index is 1.50. The van der Waals surface area contributed by atoms with Crippen molar-refractivity contribution in [3.05, 3.63) is 80.6 Å². The molecule has 1 saturated heterocycles. The van der Waals surface area contributed by atoms with Crippen LogP contribution in [0, 0.1) is 0 Å². The molecule has 1 aliphatic rings. The van der Waals surface area contributed by atoms with Crippen LogP contribution < -0.4 is 24.4 Å². The molecule has 0 atom stereocenters. The molecule has 0 aliphatic carbocycles. The summed E-state index contributed by atoms with van der Waals surface area (Å²) in [5, 5.41) is 3.13. The largest absolute Gasteiger partial charge is 0.497 e. The van der Waals surface area contributed by atoms with Crippen molar-refractivity contribution < 1.29 is 23.8 Å². The molecule has 190 valence electrons. The minimum Gasteiger partial charge on any atom is -0.497 e. The molecule has 1 N–H and O–H groups in total. The Morgan fingerprint density at radius 3 is 2.54 bits per heavy atom. The predicted molar refractivity (Wildman–Crippen MR) is 155 cm³/mol. The number of nitrogens with one attached hydrogen (secondary N) is 1. The summed E-state index contributed by atoms with van der Waals surface area (Å²) in [4.78, 5) is 27.4. The van der Waals surface area contributed by atoms with Crippen LogP contribution in [0.3, 0.4) is 0 Å². The van der Waals surface area contributed by atoms with E-state index in [4.69, 9.17) is 38.0 Å². The summed E-state index contributed by atoms with van der Waals surface area (Å²) in [6.45, 7) is -0.264. The third kappa shape index (κ3) is 6.27. The molecule has 0 saturated carbocycles. The monoisotopic (exact) mass is 618 g/mol. The molecular weight excluding hydrogens is 600 g/mol. The average molecular weight is 620 g/mol. The summed E-state index contributed by atoms with van der Waals surface area (Å²) < 4.78 is 17.4. The summed E-state index contributed by atoms with van der Waals surface area (Å²) in [5.74, 6) is 0.807. The zero-order valence-electron chi connectivity index (χ0n) is 19.6. The van der Waals surface area contributed by atoms with Crippen molar-refractivity contribution in [1.82, 2.24) is 0 Å². The normalized spacial score (nSPS) is 14.2. The standard InChI is InChI=1S/C26H20BrClN2O5S2/c1-33-17-9-7-16(8-10-17)30-25(32)22(37-26(30)36)13-15-11-18(27)24(21(12-15)34-2)35-14-23(31)29-20-6-4-3-5-19(20)28/h3-13H,14H2,1-2H3,(H,29,31)/b22-13-. The van der Waals surface area contributed by atoms with Crippen molar-refractivity contribution in [3.63, 3.8) is 0 Å². The first-order valence-corrected chi connectivity index (χ1v) is 13.2. The first-order chi connectivity index (χ1) is 17.8. The third-order valence-electron chi connectivity index (χ3n) is 5.17. The second-order valence-corrected chi connectivity index (χ2v) is 10.5. The van der Waals surface area contributed by atoms with Crippen LogP contribution in [0.5, 0.6) is 17.2 Å². The van der Waals surface area contributed by atoms with E-state index in [9.17, 15) is 9.59 Å². The Morgan fingerprint density at radius 1 is 1.14 bits per heavy atom. The molecule has 1 heterocycles. The van der Waals surface area contributed by atoms with Gasteiger partial charge in [-0.15, -0.1) is 0 Å². The van der Waals surface area contributed by atoms with Gasteiger partial charge in [-0.3, -0.25) is 14.5 Å². The van der Waals surface area contributed by atoms with Crippen LogP contribution in [0.25, 0.3) is 6.08 Å². The highest BCUT2D eigenvalue weighted by Crippen LogP contribution is 2.40. The Labute approximate surface area is 236 Å². The van der Waals surface area contributed by atoms with Crippen molar-refractivity contribution in [3.8, 4) is 17.2 Å². The molecule has 0 unspecified atom stereocenters. The highest BCUT2D eigenvalue weighted by atomic mass is 79.9. The van der Waals surface area contributed by atoms with Gasteiger partial charge in [-0.05, 0) is 76.1 Å². The molecule has 0 aromatic heterocycles. The maximum atomic E-state index is 13.1. The fourth-order valence-electron chi connectivity index (χ4n) is 3.42. The fraction of sp³-hybridized carbons (Fsp3) is 0.115. The Bertz CT molecular complexity index is 1400.